The van der Waals surface area contributed by atoms with Crippen LogP contribution >= 0.6 is 27.5 Å². The number of nitrogens with two attached hydrogens (primary N) is 1. The summed E-state index contributed by atoms with van der Waals surface area (Å²) < 4.78 is 6.71. The first-order valence-corrected chi connectivity index (χ1v) is 7.07. The fourth-order valence-electron chi connectivity index (χ4n) is 1.94. The van der Waals surface area contributed by atoms with Crippen LogP contribution in [-0.2, 0) is 0 Å². The summed E-state index contributed by atoms with van der Waals surface area (Å²) in [4.78, 5) is 4.07. The molecule has 0 radical (unpaired) electrons. The van der Waals surface area contributed by atoms with Crippen molar-refractivity contribution >= 4 is 44.0 Å². The van der Waals surface area contributed by atoms with Gasteiger partial charge in [-0.2, -0.15) is 0 Å². The molecule has 100 valence electrons. The molecule has 3 rings (SSSR count). The lowest BCUT2D eigenvalue weighted by Gasteiger charge is -2.12. The monoisotopic (exact) mass is 348 g/mol. The second kappa shape index (κ2) is 5.31. The first-order chi connectivity index (χ1) is 9.65. The van der Waals surface area contributed by atoms with Crippen molar-refractivity contribution in [1.82, 2.24) is 4.98 Å². The fourth-order valence-corrected chi connectivity index (χ4v) is 2.43. The second-order valence-electron chi connectivity index (χ2n) is 4.25. The Morgan fingerprint density at radius 3 is 2.80 bits per heavy atom. The van der Waals surface area contributed by atoms with Gasteiger partial charge in [-0.05, 0) is 36.4 Å². The Labute approximate surface area is 129 Å². The third kappa shape index (κ3) is 2.44. The molecule has 20 heavy (non-hydrogen) atoms. The van der Waals surface area contributed by atoms with Crippen LogP contribution in [0.1, 0.15) is 0 Å². The van der Waals surface area contributed by atoms with E-state index in [4.69, 9.17) is 22.1 Å². The average molecular weight is 350 g/mol. The van der Waals surface area contributed by atoms with E-state index in [0.29, 0.717) is 22.2 Å². The summed E-state index contributed by atoms with van der Waals surface area (Å²) in [6, 6.07) is 11.0. The quantitative estimate of drug-likeness (QED) is 0.660. The van der Waals surface area contributed by atoms with E-state index >= 15 is 0 Å². The molecule has 0 aliphatic carbocycles. The Balaban J connectivity index is 2.07. The van der Waals surface area contributed by atoms with Gasteiger partial charge >= 0.3 is 0 Å². The predicted molar refractivity (Wildman–Crippen MR) is 85.4 cm³/mol. The number of hydrogen-bond donors (Lipinski definition) is 1. The minimum atomic E-state index is 0.530. The zero-order valence-corrected chi connectivity index (χ0v) is 12.6. The summed E-state index contributed by atoms with van der Waals surface area (Å²) in [7, 11) is 0. The molecule has 1 aromatic heterocycles. The molecular weight excluding hydrogens is 340 g/mol. The van der Waals surface area contributed by atoms with Crippen molar-refractivity contribution in [3.05, 3.63) is 58.3 Å². The third-order valence-electron chi connectivity index (χ3n) is 2.93. The molecule has 0 fully saturated rings. The lowest BCUT2D eigenvalue weighted by Crippen LogP contribution is -1.94. The Morgan fingerprint density at radius 1 is 1.10 bits per heavy atom. The Kier molecular flexibility index (Phi) is 3.51. The van der Waals surface area contributed by atoms with Crippen molar-refractivity contribution < 1.29 is 4.74 Å². The minimum Gasteiger partial charge on any atom is -0.454 e. The van der Waals surface area contributed by atoms with Crippen molar-refractivity contribution in [3.8, 4) is 11.5 Å². The van der Waals surface area contributed by atoms with Gasteiger partial charge in [-0.15, -0.1) is 0 Å². The Hall–Kier alpha value is -1.78. The number of aromatic nitrogens is 1. The number of hydrogen-bond acceptors (Lipinski definition) is 3. The van der Waals surface area contributed by atoms with Crippen molar-refractivity contribution in [2.24, 2.45) is 0 Å². The number of halogens is 2. The van der Waals surface area contributed by atoms with Crippen LogP contribution in [0.25, 0.3) is 10.8 Å². The van der Waals surface area contributed by atoms with Crippen molar-refractivity contribution in [2.45, 2.75) is 0 Å². The normalized spacial score (nSPS) is 10.7. The zero-order chi connectivity index (χ0) is 14.1. The van der Waals surface area contributed by atoms with Gasteiger partial charge in [0, 0.05) is 27.6 Å². The molecule has 3 aromatic rings. The topological polar surface area (TPSA) is 48.1 Å². The molecule has 0 saturated carbocycles. The van der Waals surface area contributed by atoms with Crippen LogP contribution in [0.5, 0.6) is 11.5 Å². The first kappa shape index (κ1) is 13.2. The molecule has 0 atom stereocenters. The Bertz CT molecular complexity index is 792. The molecule has 1 heterocycles. The highest BCUT2D eigenvalue weighted by Crippen LogP contribution is 2.37. The SMILES string of the molecule is Nc1c(Oc2cc(Br)ccc2Cl)ccc2cnccc12. The molecule has 0 amide bonds. The van der Waals surface area contributed by atoms with Crippen LogP contribution in [0.15, 0.2) is 53.3 Å². The highest BCUT2D eigenvalue weighted by Gasteiger charge is 2.09. The summed E-state index contributed by atoms with van der Waals surface area (Å²) in [5.41, 5.74) is 6.72. The van der Waals surface area contributed by atoms with E-state index in [-0.39, 0.29) is 0 Å². The lowest BCUT2D eigenvalue weighted by molar-refractivity contribution is 0.485. The summed E-state index contributed by atoms with van der Waals surface area (Å²) >= 11 is 9.51. The highest BCUT2D eigenvalue weighted by molar-refractivity contribution is 9.10. The maximum absolute atomic E-state index is 6.15. The largest absolute Gasteiger partial charge is 0.454 e. The smallest absolute Gasteiger partial charge is 0.151 e. The molecule has 2 aromatic carbocycles. The molecule has 0 bridgehead atoms. The van der Waals surface area contributed by atoms with E-state index < -0.39 is 0 Å². The van der Waals surface area contributed by atoms with Gasteiger partial charge in [-0.1, -0.05) is 27.5 Å². The minimum absolute atomic E-state index is 0.530. The molecule has 0 spiro atoms. The fraction of sp³-hybridized carbons (Fsp3) is 0. The molecule has 2 N–H and O–H groups in total. The van der Waals surface area contributed by atoms with Crippen molar-refractivity contribution in [1.29, 1.82) is 0 Å². The van der Waals surface area contributed by atoms with E-state index in [1.165, 1.54) is 0 Å². The van der Waals surface area contributed by atoms with E-state index in [9.17, 15) is 0 Å². The van der Waals surface area contributed by atoms with Crippen molar-refractivity contribution in [3.63, 3.8) is 0 Å². The van der Waals surface area contributed by atoms with Crippen LogP contribution in [0.4, 0.5) is 5.69 Å². The van der Waals surface area contributed by atoms with Gasteiger partial charge in [-0.25, -0.2) is 0 Å². The highest BCUT2D eigenvalue weighted by atomic mass is 79.9. The van der Waals surface area contributed by atoms with Gasteiger partial charge in [0.25, 0.3) is 0 Å². The standard InChI is InChI=1S/C15H10BrClN2O/c16-10-2-3-12(17)14(7-10)20-13-4-1-9-8-19-6-5-11(9)15(13)18/h1-8H,18H2. The molecule has 0 aliphatic heterocycles. The molecular formula is C15H10BrClN2O. The van der Waals surface area contributed by atoms with Gasteiger partial charge in [0.15, 0.2) is 5.75 Å². The average Bonchev–Trinajstić information content (AvgIpc) is 2.46. The van der Waals surface area contributed by atoms with Crippen molar-refractivity contribution in [2.75, 3.05) is 5.73 Å². The van der Waals surface area contributed by atoms with E-state index in [2.05, 4.69) is 20.9 Å². The summed E-state index contributed by atoms with van der Waals surface area (Å²) in [5, 5.41) is 2.41. The number of pyridine rings is 1. The maximum Gasteiger partial charge on any atom is 0.151 e. The zero-order valence-electron chi connectivity index (χ0n) is 10.3. The number of rotatable bonds is 2. The maximum atomic E-state index is 6.15. The van der Waals surface area contributed by atoms with Gasteiger partial charge in [0.2, 0.25) is 0 Å². The van der Waals surface area contributed by atoms with Gasteiger partial charge in [0.05, 0.1) is 10.7 Å². The third-order valence-corrected chi connectivity index (χ3v) is 3.74. The van der Waals surface area contributed by atoms with Crippen LogP contribution < -0.4 is 10.5 Å². The Morgan fingerprint density at radius 2 is 1.95 bits per heavy atom. The van der Waals surface area contributed by atoms with E-state index in [1.807, 2.05) is 24.3 Å². The molecule has 0 unspecified atom stereocenters. The number of anilines is 1. The van der Waals surface area contributed by atoms with Gasteiger partial charge in [-0.3, -0.25) is 4.98 Å². The second-order valence-corrected chi connectivity index (χ2v) is 5.57. The van der Waals surface area contributed by atoms with E-state index in [0.717, 1.165) is 15.2 Å². The molecule has 0 aliphatic rings. The van der Waals surface area contributed by atoms with Gasteiger partial charge < -0.3 is 10.5 Å². The summed E-state index contributed by atoms with van der Waals surface area (Å²) in [5.74, 6) is 1.13. The number of nitrogen functional groups attached to an aromatic ring is 1. The number of ether oxygens (including phenoxy) is 1. The van der Waals surface area contributed by atoms with Crippen LogP contribution in [0.3, 0.4) is 0 Å². The molecule has 5 heteroatoms. The lowest BCUT2D eigenvalue weighted by atomic mass is 10.1. The molecule has 3 nitrogen and oxygen atoms in total. The van der Waals surface area contributed by atoms with Crippen LogP contribution in [0, 0.1) is 0 Å². The van der Waals surface area contributed by atoms with E-state index in [1.54, 1.807) is 24.5 Å². The number of fused-ring (bicyclic) bond motifs is 1. The summed E-state index contributed by atoms with van der Waals surface area (Å²) in [6.07, 6.45) is 3.47. The molecule has 0 saturated heterocycles. The number of nitrogens with zero attached hydrogens (tertiary/aromatic N) is 1. The summed E-state index contributed by atoms with van der Waals surface area (Å²) in [6.45, 7) is 0. The predicted octanol–water partition coefficient (Wildman–Crippen LogP) is 5.03. The van der Waals surface area contributed by atoms with Crippen LogP contribution in [-0.4, -0.2) is 4.98 Å². The van der Waals surface area contributed by atoms with Crippen LogP contribution in [0.2, 0.25) is 5.02 Å². The number of benzene rings is 2. The van der Waals surface area contributed by atoms with Gasteiger partial charge in [0.1, 0.15) is 5.75 Å². The first-order valence-electron chi connectivity index (χ1n) is 5.90.